The Kier molecular flexibility index (Phi) is 5.08. The molecule has 0 aliphatic carbocycles. The molecule has 132 valence electrons. The fraction of sp³-hybridized carbons (Fsp3) is 0.316. The van der Waals surface area contributed by atoms with Crippen LogP contribution in [-0.4, -0.2) is 45.2 Å². The van der Waals surface area contributed by atoms with Gasteiger partial charge in [-0.25, -0.2) is 8.42 Å². The minimum Gasteiger partial charge on any atom is -0.497 e. The number of methoxy groups -OCH3 is 1. The third-order valence-corrected chi connectivity index (χ3v) is 6.66. The molecule has 2 aromatic rings. The highest BCUT2D eigenvalue weighted by Crippen LogP contribution is 2.29. The lowest BCUT2D eigenvalue weighted by atomic mass is 10.1. The molecule has 1 saturated heterocycles. The van der Waals surface area contributed by atoms with Crippen molar-refractivity contribution in [2.45, 2.75) is 11.7 Å². The summed E-state index contributed by atoms with van der Waals surface area (Å²) in [5, 5.41) is -0.553. The molecule has 3 rings (SSSR count). The molecule has 1 unspecified atom stereocenters. The van der Waals surface area contributed by atoms with Crippen LogP contribution in [0.2, 0.25) is 0 Å². The van der Waals surface area contributed by atoms with Crippen LogP contribution in [0.25, 0.3) is 0 Å². The summed E-state index contributed by atoms with van der Waals surface area (Å²) in [6.45, 7) is 0.639. The number of sulfone groups is 1. The van der Waals surface area contributed by atoms with E-state index in [-0.39, 0.29) is 18.2 Å². The molecule has 25 heavy (non-hydrogen) atoms. The number of ether oxygens (including phenoxy) is 1. The molecule has 1 heterocycles. The summed E-state index contributed by atoms with van der Waals surface area (Å²) in [5.74, 6) is 0.514. The quantitative estimate of drug-likeness (QED) is 0.845. The van der Waals surface area contributed by atoms with Crippen LogP contribution in [0.5, 0.6) is 5.75 Å². The van der Waals surface area contributed by atoms with Gasteiger partial charge in [-0.1, -0.05) is 30.3 Å². The van der Waals surface area contributed by atoms with Crippen LogP contribution in [0.1, 0.15) is 27.6 Å². The van der Waals surface area contributed by atoms with Gasteiger partial charge in [-0.05, 0) is 36.2 Å². The summed E-state index contributed by atoms with van der Waals surface area (Å²) in [6.07, 6.45) is 0.411. The molecule has 5 nitrogen and oxygen atoms in total. The van der Waals surface area contributed by atoms with Crippen molar-refractivity contribution in [3.05, 3.63) is 65.7 Å². The van der Waals surface area contributed by atoms with Crippen LogP contribution in [0, 0.1) is 0 Å². The number of amides is 1. The number of rotatable bonds is 3. The SMILES string of the molecule is COc1ccc(C(=O)N2CCC(c3ccccc3)S(=O)(=O)CC2)cc1. The van der Waals surface area contributed by atoms with E-state index in [9.17, 15) is 13.2 Å². The normalized spacial score (nSPS) is 19.9. The fourth-order valence-corrected chi connectivity index (χ4v) is 4.90. The lowest BCUT2D eigenvalue weighted by Gasteiger charge is -2.20. The first-order valence-corrected chi connectivity index (χ1v) is 9.92. The van der Waals surface area contributed by atoms with Crippen molar-refractivity contribution < 1.29 is 17.9 Å². The highest BCUT2D eigenvalue weighted by atomic mass is 32.2. The van der Waals surface area contributed by atoms with Crippen LogP contribution >= 0.6 is 0 Å². The van der Waals surface area contributed by atoms with Crippen molar-refractivity contribution in [1.29, 1.82) is 0 Å². The van der Waals surface area contributed by atoms with Crippen LogP contribution < -0.4 is 4.74 Å². The Labute approximate surface area is 148 Å². The third kappa shape index (κ3) is 3.85. The maximum Gasteiger partial charge on any atom is 0.253 e. The van der Waals surface area contributed by atoms with Gasteiger partial charge in [-0.2, -0.15) is 0 Å². The molecule has 1 atom stereocenters. The Morgan fingerprint density at radius 3 is 2.36 bits per heavy atom. The Morgan fingerprint density at radius 2 is 1.72 bits per heavy atom. The monoisotopic (exact) mass is 359 g/mol. The van der Waals surface area contributed by atoms with E-state index < -0.39 is 15.1 Å². The van der Waals surface area contributed by atoms with Gasteiger partial charge in [0, 0.05) is 18.7 Å². The van der Waals surface area contributed by atoms with Crippen molar-refractivity contribution in [2.24, 2.45) is 0 Å². The summed E-state index contributed by atoms with van der Waals surface area (Å²) in [5.41, 5.74) is 1.33. The van der Waals surface area contributed by atoms with Crippen molar-refractivity contribution in [3.8, 4) is 5.75 Å². The highest BCUT2D eigenvalue weighted by Gasteiger charge is 2.32. The first kappa shape index (κ1) is 17.5. The Balaban J connectivity index is 1.79. The van der Waals surface area contributed by atoms with Crippen LogP contribution in [-0.2, 0) is 9.84 Å². The Hall–Kier alpha value is -2.34. The molecule has 2 aromatic carbocycles. The Morgan fingerprint density at radius 1 is 1.04 bits per heavy atom. The molecule has 0 radical (unpaired) electrons. The summed E-state index contributed by atoms with van der Waals surface area (Å²) in [7, 11) is -1.72. The molecule has 1 fully saturated rings. The largest absolute Gasteiger partial charge is 0.497 e. The molecule has 0 saturated carbocycles. The molecule has 0 aromatic heterocycles. The van der Waals surface area contributed by atoms with Crippen molar-refractivity contribution in [2.75, 3.05) is 26.0 Å². The first-order valence-electron chi connectivity index (χ1n) is 8.21. The van der Waals surface area contributed by atoms with E-state index >= 15 is 0 Å². The van der Waals surface area contributed by atoms with E-state index in [0.717, 1.165) is 5.56 Å². The molecule has 1 aliphatic rings. The van der Waals surface area contributed by atoms with Gasteiger partial charge in [0.15, 0.2) is 9.84 Å². The molecular formula is C19H21NO4S. The van der Waals surface area contributed by atoms with Crippen LogP contribution in [0.15, 0.2) is 54.6 Å². The zero-order valence-corrected chi connectivity index (χ0v) is 14.9. The van der Waals surface area contributed by atoms with Gasteiger partial charge in [0.05, 0.1) is 18.1 Å². The second-order valence-electron chi connectivity index (χ2n) is 6.08. The number of hydrogen-bond acceptors (Lipinski definition) is 4. The number of carbonyl (C=O) groups is 1. The zero-order chi connectivity index (χ0) is 17.9. The maximum absolute atomic E-state index is 12.7. The molecule has 0 bridgehead atoms. The van der Waals surface area contributed by atoms with Crippen molar-refractivity contribution in [3.63, 3.8) is 0 Å². The van der Waals surface area contributed by atoms with Crippen LogP contribution in [0.3, 0.4) is 0 Å². The summed E-state index contributed by atoms with van der Waals surface area (Å²) < 4.78 is 30.4. The highest BCUT2D eigenvalue weighted by molar-refractivity contribution is 7.91. The molecule has 1 aliphatic heterocycles. The van der Waals surface area contributed by atoms with E-state index in [2.05, 4.69) is 0 Å². The second-order valence-corrected chi connectivity index (χ2v) is 8.38. The fourth-order valence-electron chi connectivity index (χ4n) is 3.11. The predicted molar refractivity (Wildman–Crippen MR) is 96.5 cm³/mol. The summed E-state index contributed by atoms with van der Waals surface area (Å²) in [4.78, 5) is 14.3. The maximum atomic E-state index is 12.7. The van der Waals surface area contributed by atoms with E-state index in [1.807, 2.05) is 30.3 Å². The smallest absolute Gasteiger partial charge is 0.253 e. The number of benzene rings is 2. The first-order chi connectivity index (χ1) is 12.0. The van der Waals surface area contributed by atoms with Crippen molar-refractivity contribution >= 4 is 15.7 Å². The van der Waals surface area contributed by atoms with Crippen molar-refractivity contribution in [1.82, 2.24) is 4.90 Å². The lowest BCUT2D eigenvalue weighted by molar-refractivity contribution is 0.0766. The van der Waals surface area contributed by atoms with E-state index in [1.54, 1.807) is 36.3 Å². The lowest BCUT2D eigenvalue weighted by Crippen LogP contribution is -2.33. The van der Waals surface area contributed by atoms with Gasteiger partial charge in [0.2, 0.25) is 0 Å². The average molecular weight is 359 g/mol. The minimum atomic E-state index is -3.29. The second kappa shape index (κ2) is 7.27. The number of hydrogen-bond donors (Lipinski definition) is 0. The molecular weight excluding hydrogens is 338 g/mol. The van der Waals surface area contributed by atoms with E-state index in [1.165, 1.54) is 0 Å². The van der Waals surface area contributed by atoms with Gasteiger partial charge < -0.3 is 9.64 Å². The predicted octanol–water partition coefficient (Wildman–Crippen LogP) is 2.70. The van der Waals surface area contributed by atoms with Gasteiger partial charge in [0.1, 0.15) is 5.75 Å². The van der Waals surface area contributed by atoms with E-state index in [0.29, 0.717) is 24.3 Å². The van der Waals surface area contributed by atoms with Gasteiger partial charge >= 0.3 is 0 Å². The molecule has 1 amide bonds. The van der Waals surface area contributed by atoms with Crippen LogP contribution in [0.4, 0.5) is 0 Å². The molecule has 0 N–H and O–H groups in total. The topological polar surface area (TPSA) is 63.7 Å². The van der Waals surface area contributed by atoms with Gasteiger partial charge in [-0.3, -0.25) is 4.79 Å². The molecule has 6 heteroatoms. The Bertz CT molecular complexity index is 831. The van der Waals surface area contributed by atoms with Gasteiger partial charge in [0.25, 0.3) is 5.91 Å². The minimum absolute atomic E-state index is 0.0194. The summed E-state index contributed by atoms with van der Waals surface area (Å²) >= 11 is 0. The standard InChI is InChI=1S/C19H21NO4S/c1-24-17-9-7-16(8-10-17)19(21)20-12-11-18(25(22,23)14-13-20)15-5-3-2-4-6-15/h2-10,18H,11-14H2,1H3. The van der Waals surface area contributed by atoms with Gasteiger partial charge in [-0.15, -0.1) is 0 Å². The zero-order valence-electron chi connectivity index (χ0n) is 14.1. The number of carbonyl (C=O) groups excluding carboxylic acids is 1. The number of nitrogens with zero attached hydrogens (tertiary/aromatic N) is 1. The summed E-state index contributed by atoms with van der Waals surface area (Å²) in [6, 6.07) is 16.1. The molecule has 0 spiro atoms. The average Bonchev–Trinajstić information content (AvgIpc) is 2.80. The third-order valence-electron chi connectivity index (χ3n) is 4.54. The van der Waals surface area contributed by atoms with E-state index in [4.69, 9.17) is 4.74 Å².